The summed E-state index contributed by atoms with van der Waals surface area (Å²) in [4.78, 5) is 14.7. The van der Waals surface area contributed by atoms with E-state index in [0.29, 0.717) is 6.42 Å². The molecule has 1 atom stereocenters. The van der Waals surface area contributed by atoms with Gasteiger partial charge in [-0.15, -0.1) is 0 Å². The van der Waals surface area contributed by atoms with Crippen LogP contribution in [-0.4, -0.2) is 41.8 Å². The average Bonchev–Trinajstić information content (AvgIpc) is 3.16. The number of halogens is 1. The monoisotopic (exact) mass is 407 g/mol. The van der Waals surface area contributed by atoms with Crippen LogP contribution in [0.4, 0.5) is 14.9 Å². The smallest absolute Gasteiger partial charge is 0.319 e. The molecule has 0 radical (unpaired) electrons. The number of benzene rings is 3. The fraction of sp³-hybridized carbons (Fsp3) is 0.292. The van der Waals surface area contributed by atoms with Crippen LogP contribution in [0.5, 0.6) is 0 Å². The number of amides is 2. The van der Waals surface area contributed by atoms with E-state index in [4.69, 9.17) is 0 Å². The first-order valence-corrected chi connectivity index (χ1v) is 10.3. The van der Waals surface area contributed by atoms with Gasteiger partial charge in [0.1, 0.15) is 5.82 Å². The van der Waals surface area contributed by atoms with E-state index in [2.05, 4.69) is 21.6 Å². The third-order valence-electron chi connectivity index (χ3n) is 5.53. The first kappa shape index (κ1) is 20.3. The van der Waals surface area contributed by atoms with E-state index >= 15 is 0 Å². The fourth-order valence-corrected chi connectivity index (χ4v) is 4.04. The second-order valence-electron chi connectivity index (χ2n) is 7.78. The Kier molecular flexibility index (Phi) is 6.26. The summed E-state index contributed by atoms with van der Waals surface area (Å²) in [6, 6.07) is 18.3. The number of nitrogens with one attached hydrogen (secondary N) is 2. The largest absolute Gasteiger partial charge is 0.396 e. The molecule has 0 aliphatic carbocycles. The number of nitrogens with zero attached hydrogens (tertiary/aromatic N) is 1. The molecule has 30 heavy (non-hydrogen) atoms. The number of likely N-dealkylation sites (tertiary alicyclic amines) is 1. The number of urea groups is 1. The molecular weight excluding hydrogens is 381 g/mol. The number of carbonyl (C=O) groups excluding carboxylic acids is 1. The molecule has 1 aliphatic rings. The van der Waals surface area contributed by atoms with Crippen molar-refractivity contribution in [2.75, 3.05) is 25.0 Å². The lowest BCUT2D eigenvalue weighted by atomic mass is 10.1. The van der Waals surface area contributed by atoms with Gasteiger partial charge in [-0.3, -0.25) is 4.90 Å². The Hall–Kier alpha value is -2.96. The average molecular weight is 407 g/mol. The van der Waals surface area contributed by atoms with E-state index in [1.807, 2.05) is 42.5 Å². The zero-order chi connectivity index (χ0) is 20.9. The molecule has 0 saturated carbocycles. The Morgan fingerprint density at radius 2 is 1.90 bits per heavy atom. The Balaban J connectivity index is 1.31. The van der Waals surface area contributed by atoms with Crippen molar-refractivity contribution < 1.29 is 14.3 Å². The predicted octanol–water partition coefficient (Wildman–Crippen LogP) is 3.91. The van der Waals surface area contributed by atoms with Crippen LogP contribution >= 0.6 is 0 Å². The molecule has 3 N–H and O–H groups in total. The maximum Gasteiger partial charge on any atom is 0.319 e. The van der Waals surface area contributed by atoms with E-state index in [1.165, 1.54) is 11.6 Å². The van der Waals surface area contributed by atoms with Crippen molar-refractivity contribution >= 4 is 22.5 Å². The van der Waals surface area contributed by atoms with Gasteiger partial charge in [-0.05, 0) is 59.0 Å². The standard InChI is InChI=1S/C24H26FN3O2/c25-21-8-7-19-13-17(5-6-20(19)14-21)15-28-11-9-22(16-28)26-24(30)27-23-4-2-1-3-18(23)10-12-29/h1-8,13-14,22,29H,9-12,15-16H2,(H2,26,27,30)/t22-/m1/s1. The number of aliphatic hydroxyl groups is 1. The Labute approximate surface area is 175 Å². The lowest BCUT2D eigenvalue weighted by molar-refractivity contribution is 0.247. The summed E-state index contributed by atoms with van der Waals surface area (Å²) in [5, 5.41) is 17.1. The molecular formula is C24H26FN3O2. The number of hydrogen-bond donors (Lipinski definition) is 3. The summed E-state index contributed by atoms with van der Waals surface area (Å²) in [5.41, 5.74) is 2.82. The number of aliphatic hydroxyl groups excluding tert-OH is 1. The highest BCUT2D eigenvalue weighted by atomic mass is 19.1. The van der Waals surface area contributed by atoms with Gasteiger partial charge < -0.3 is 15.7 Å². The molecule has 6 heteroatoms. The maximum atomic E-state index is 13.4. The van der Waals surface area contributed by atoms with Gasteiger partial charge in [0.05, 0.1) is 0 Å². The lowest BCUT2D eigenvalue weighted by Crippen LogP contribution is -2.39. The third kappa shape index (κ3) is 4.96. The highest BCUT2D eigenvalue weighted by Gasteiger charge is 2.24. The zero-order valence-corrected chi connectivity index (χ0v) is 16.8. The number of hydrogen-bond acceptors (Lipinski definition) is 3. The normalized spacial score (nSPS) is 16.7. The fourth-order valence-electron chi connectivity index (χ4n) is 4.04. The number of anilines is 1. The molecule has 0 aromatic heterocycles. The number of para-hydroxylation sites is 1. The van der Waals surface area contributed by atoms with E-state index in [9.17, 15) is 14.3 Å². The van der Waals surface area contributed by atoms with Crippen LogP contribution in [0.15, 0.2) is 60.7 Å². The van der Waals surface area contributed by atoms with Gasteiger partial charge in [-0.1, -0.05) is 36.4 Å². The molecule has 0 unspecified atom stereocenters. The summed E-state index contributed by atoms with van der Waals surface area (Å²) < 4.78 is 13.4. The molecule has 0 spiro atoms. The second kappa shape index (κ2) is 9.24. The molecule has 156 valence electrons. The molecule has 4 rings (SSSR count). The van der Waals surface area contributed by atoms with Crippen LogP contribution in [0.1, 0.15) is 17.5 Å². The lowest BCUT2D eigenvalue weighted by Gasteiger charge is -2.18. The molecule has 3 aromatic rings. The summed E-state index contributed by atoms with van der Waals surface area (Å²) in [6.45, 7) is 2.54. The van der Waals surface area contributed by atoms with Crippen LogP contribution in [0.2, 0.25) is 0 Å². The predicted molar refractivity (Wildman–Crippen MR) is 117 cm³/mol. The first-order chi connectivity index (χ1) is 14.6. The topological polar surface area (TPSA) is 64.6 Å². The maximum absolute atomic E-state index is 13.4. The Bertz CT molecular complexity index is 1040. The first-order valence-electron chi connectivity index (χ1n) is 10.3. The quantitative estimate of drug-likeness (QED) is 0.581. The molecule has 5 nitrogen and oxygen atoms in total. The minimum absolute atomic E-state index is 0.0433. The number of fused-ring (bicyclic) bond motifs is 1. The van der Waals surface area contributed by atoms with E-state index in [1.54, 1.807) is 6.07 Å². The highest BCUT2D eigenvalue weighted by molar-refractivity contribution is 5.90. The van der Waals surface area contributed by atoms with Gasteiger partial charge in [0, 0.05) is 38.0 Å². The minimum Gasteiger partial charge on any atom is -0.396 e. The van der Waals surface area contributed by atoms with Crippen LogP contribution in [0, 0.1) is 5.82 Å². The third-order valence-corrected chi connectivity index (χ3v) is 5.53. The van der Waals surface area contributed by atoms with Gasteiger partial charge in [-0.2, -0.15) is 0 Å². The van der Waals surface area contributed by atoms with Crippen molar-refractivity contribution in [2.24, 2.45) is 0 Å². The SMILES string of the molecule is O=C(Nc1ccccc1CCO)N[C@@H]1CCN(Cc2ccc3cc(F)ccc3c2)C1. The molecule has 3 aromatic carbocycles. The van der Waals surface area contributed by atoms with E-state index < -0.39 is 0 Å². The molecule has 1 heterocycles. The van der Waals surface area contributed by atoms with Crippen molar-refractivity contribution in [3.05, 3.63) is 77.6 Å². The van der Waals surface area contributed by atoms with Crippen LogP contribution in [0.25, 0.3) is 10.8 Å². The van der Waals surface area contributed by atoms with Crippen LogP contribution in [0.3, 0.4) is 0 Å². The highest BCUT2D eigenvalue weighted by Crippen LogP contribution is 2.20. The molecule has 2 amide bonds. The van der Waals surface area contributed by atoms with Crippen molar-refractivity contribution in [1.82, 2.24) is 10.2 Å². The van der Waals surface area contributed by atoms with E-state index in [0.717, 1.165) is 48.1 Å². The second-order valence-corrected chi connectivity index (χ2v) is 7.78. The summed E-state index contributed by atoms with van der Waals surface area (Å²) >= 11 is 0. The van der Waals surface area contributed by atoms with E-state index in [-0.39, 0.29) is 24.5 Å². The van der Waals surface area contributed by atoms with Gasteiger partial charge in [0.15, 0.2) is 0 Å². The molecule has 0 bridgehead atoms. The van der Waals surface area contributed by atoms with Crippen molar-refractivity contribution in [2.45, 2.75) is 25.4 Å². The van der Waals surface area contributed by atoms with Crippen molar-refractivity contribution in [3.8, 4) is 0 Å². The molecule has 1 fully saturated rings. The molecule has 1 aliphatic heterocycles. The Morgan fingerprint density at radius 1 is 1.10 bits per heavy atom. The van der Waals surface area contributed by atoms with Gasteiger partial charge in [-0.25, -0.2) is 9.18 Å². The number of carbonyl (C=O) groups is 1. The van der Waals surface area contributed by atoms with Crippen molar-refractivity contribution in [3.63, 3.8) is 0 Å². The Morgan fingerprint density at radius 3 is 2.77 bits per heavy atom. The van der Waals surface area contributed by atoms with Gasteiger partial charge in [0.2, 0.25) is 0 Å². The van der Waals surface area contributed by atoms with Gasteiger partial charge in [0.25, 0.3) is 0 Å². The zero-order valence-electron chi connectivity index (χ0n) is 16.8. The number of rotatable bonds is 6. The van der Waals surface area contributed by atoms with Gasteiger partial charge >= 0.3 is 6.03 Å². The van der Waals surface area contributed by atoms with Crippen molar-refractivity contribution in [1.29, 1.82) is 0 Å². The minimum atomic E-state index is -0.222. The summed E-state index contributed by atoms with van der Waals surface area (Å²) in [7, 11) is 0. The molecule has 1 saturated heterocycles. The van der Waals surface area contributed by atoms with Crippen LogP contribution in [-0.2, 0) is 13.0 Å². The van der Waals surface area contributed by atoms with Crippen LogP contribution < -0.4 is 10.6 Å². The summed E-state index contributed by atoms with van der Waals surface area (Å²) in [5.74, 6) is -0.221. The summed E-state index contributed by atoms with van der Waals surface area (Å²) in [6.07, 6.45) is 1.40.